The molecule has 6 atom stereocenters. The lowest BCUT2D eigenvalue weighted by Crippen LogP contribution is -2.58. The highest BCUT2D eigenvalue weighted by molar-refractivity contribution is 6.32. The van der Waals surface area contributed by atoms with Gasteiger partial charge in [-0.15, -0.1) is 0 Å². The first-order chi connectivity index (χ1) is 60.4. The Kier molecular flexibility index (Phi) is 27.4. The standard InChI is InChI=1S/C34H37F2N7O2.2C30H31ClFN7O2/c1-20(2)29-31(21(3)14-15-37-29)43-33-25(17-27(36)30(38-33)24-11-8-9-12-26(24)35)32(39-34(43)45)42-19-22(4)41(18-23(42)5)28(44)13-10-16-40(6)7;1-7-22(40)38-18(5)14-37(15-19(38)6)28-25-29(35-24(27(31)34-25)20-10-8-9-11-21(20)32)39(30(41)36-28)26-17(4)12-13-33-23(26)16(2)3;1-7-22(40)37-14-18(5)38(19(6)15-37)29-25-28(35-24(27(31)34-25)20-10-8-9-11-21(20)32)39(30(41)36-29)26-17(4)12-13-33-23(26)16(2)3/h8-9,11-12,14-15,17,20,22-23H,16,18-19H2,1-7H3;2*7-13,16,18-19H,1,14-15H2,2-6H3. The summed E-state index contributed by atoms with van der Waals surface area (Å²) >= 11 is 13.3. The molecule has 27 nitrogen and oxygen atoms in total. The highest BCUT2D eigenvalue weighted by Gasteiger charge is 2.40. The van der Waals surface area contributed by atoms with E-state index in [0.29, 0.717) is 91.6 Å². The summed E-state index contributed by atoms with van der Waals surface area (Å²) < 4.78 is 64.8. The van der Waals surface area contributed by atoms with Crippen molar-refractivity contribution in [1.82, 2.24) is 88.1 Å². The second-order valence-electron chi connectivity index (χ2n) is 33.4. The third-order valence-electron chi connectivity index (χ3n) is 22.7. The first-order valence-electron chi connectivity index (χ1n) is 41.8. The SMILES string of the molecule is C=CC(=O)N1C(C)CN(c2nc(=O)n(-c3c(C)ccnc3C(C)C)c3nc(-c4ccccc4F)c(Cl)nc23)CC1C.C=CC(=O)N1CC(C)N(c2nc(=O)n(-c3c(C)ccnc3C(C)C)c3nc(-c4ccccc4F)c(Cl)nc23)C(C)C1.Cc1ccnc(C(C)C)c1-n1c(=O)nc(N2CC(C)N(C(=O)C#CCN(C)C)CC2C)c2cc(F)c(-c3ccccc3F)nc21. The second kappa shape index (κ2) is 38.0. The van der Waals surface area contributed by atoms with E-state index in [2.05, 4.69) is 64.9 Å². The van der Waals surface area contributed by atoms with Crippen molar-refractivity contribution in [2.45, 2.75) is 158 Å². The summed E-state index contributed by atoms with van der Waals surface area (Å²) in [5.41, 5.74) is 5.59. The largest absolute Gasteiger partial charge is 0.356 e. The van der Waals surface area contributed by atoms with Gasteiger partial charge in [-0.1, -0.05) is 120 Å². The number of halogens is 6. The van der Waals surface area contributed by atoms with Crippen LogP contribution in [-0.2, 0) is 14.4 Å². The molecule has 3 aliphatic heterocycles. The Morgan fingerprint density at radius 2 is 0.882 bits per heavy atom. The van der Waals surface area contributed by atoms with Crippen molar-refractivity contribution < 1.29 is 31.9 Å². The number of hydrogen-bond acceptors (Lipinski definition) is 21. The third-order valence-corrected chi connectivity index (χ3v) is 23.2. The molecule has 3 aliphatic rings. The minimum atomic E-state index is -0.751. The molecule has 3 aromatic carbocycles. The summed E-state index contributed by atoms with van der Waals surface area (Å²) in [5, 5.41) is 0.239. The quantitative estimate of drug-likeness (QED) is 0.0523. The number of aromatic nitrogens is 14. The van der Waals surface area contributed by atoms with Crippen molar-refractivity contribution in [1.29, 1.82) is 0 Å². The van der Waals surface area contributed by atoms with Crippen LogP contribution in [0.25, 0.3) is 84.2 Å². The van der Waals surface area contributed by atoms with Crippen LogP contribution in [0.15, 0.2) is 155 Å². The molecular weight excluding hydrogens is 1670 g/mol. The molecule has 33 heteroatoms. The number of pyridine rings is 4. The van der Waals surface area contributed by atoms with E-state index < -0.39 is 40.3 Å². The van der Waals surface area contributed by atoms with E-state index in [1.165, 1.54) is 62.3 Å². The Morgan fingerprint density at radius 1 is 0.480 bits per heavy atom. The van der Waals surface area contributed by atoms with E-state index in [1.54, 1.807) is 81.8 Å². The van der Waals surface area contributed by atoms with Crippen LogP contribution in [0.3, 0.4) is 0 Å². The minimum Gasteiger partial charge on any atom is -0.350 e. The molecule has 12 aromatic rings. The highest BCUT2D eigenvalue weighted by Crippen LogP contribution is 2.40. The molecule has 658 valence electrons. The van der Waals surface area contributed by atoms with Crippen molar-refractivity contribution in [3.05, 3.63) is 240 Å². The van der Waals surface area contributed by atoms with Gasteiger partial charge >= 0.3 is 17.1 Å². The summed E-state index contributed by atoms with van der Waals surface area (Å²) in [4.78, 5) is 144. The Bertz CT molecular complexity index is 6590. The third kappa shape index (κ3) is 18.3. The molecule has 15 rings (SSSR count). The van der Waals surface area contributed by atoms with E-state index in [1.807, 2.05) is 150 Å². The summed E-state index contributed by atoms with van der Waals surface area (Å²) in [7, 11) is 3.76. The highest BCUT2D eigenvalue weighted by atomic mass is 35.5. The average molecular weight is 1770 g/mol. The molecule has 0 bridgehead atoms. The van der Waals surface area contributed by atoms with Gasteiger partial charge in [0.05, 0.1) is 46.1 Å². The molecule has 3 fully saturated rings. The minimum absolute atomic E-state index is 0.0185. The fourth-order valence-corrected chi connectivity index (χ4v) is 17.3. The van der Waals surface area contributed by atoms with E-state index in [-0.39, 0.29) is 155 Å². The number of nitrogens with zero attached hydrogens (tertiary/aromatic N) is 21. The number of benzene rings is 3. The summed E-state index contributed by atoms with van der Waals surface area (Å²) in [5.74, 6) is 3.34. The number of aryl methyl sites for hydroxylation is 3. The molecule has 3 saturated heterocycles. The van der Waals surface area contributed by atoms with Crippen LogP contribution in [0, 0.1) is 55.9 Å². The average Bonchev–Trinajstić information content (AvgIpc) is 0.739. The van der Waals surface area contributed by atoms with Gasteiger partial charge in [-0.3, -0.25) is 34.2 Å². The molecule has 9 aromatic heterocycles. The normalized spacial score (nSPS) is 17.2. The number of hydrogen-bond donors (Lipinski definition) is 0. The fourth-order valence-electron chi connectivity index (χ4n) is 16.8. The summed E-state index contributed by atoms with van der Waals surface area (Å²) in [6.45, 7) is 39.0. The maximum Gasteiger partial charge on any atom is 0.356 e. The van der Waals surface area contributed by atoms with E-state index in [4.69, 9.17) is 38.2 Å². The number of piperazine rings is 3. The predicted octanol–water partition coefficient (Wildman–Crippen LogP) is 14.7. The predicted molar refractivity (Wildman–Crippen MR) is 488 cm³/mol. The summed E-state index contributed by atoms with van der Waals surface area (Å²) in [6.07, 6.45) is 7.67. The number of anilines is 3. The Hall–Kier alpha value is -13.1. The molecule has 12 heterocycles. The first-order valence-corrected chi connectivity index (χ1v) is 42.6. The topological polar surface area (TPSA) is 282 Å². The maximum absolute atomic E-state index is 15.9. The number of rotatable bonds is 15. The van der Waals surface area contributed by atoms with Crippen molar-refractivity contribution in [2.24, 2.45) is 0 Å². The number of fused-ring (bicyclic) bond motifs is 3. The van der Waals surface area contributed by atoms with Gasteiger partial charge in [-0.05, 0) is 190 Å². The van der Waals surface area contributed by atoms with Crippen LogP contribution < -0.4 is 31.8 Å². The van der Waals surface area contributed by atoms with Gasteiger partial charge in [0, 0.05) is 111 Å². The zero-order chi connectivity index (χ0) is 91.7. The smallest absolute Gasteiger partial charge is 0.350 e. The zero-order valence-corrected chi connectivity index (χ0v) is 75.3. The van der Waals surface area contributed by atoms with Gasteiger partial charge in [0.2, 0.25) is 11.8 Å². The van der Waals surface area contributed by atoms with Crippen LogP contribution in [0.5, 0.6) is 0 Å². The zero-order valence-electron chi connectivity index (χ0n) is 73.8. The van der Waals surface area contributed by atoms with Crippen LogP contribution >= 0.6 is 23.2 Å². The number of carbonyl (C=O) groups is 3. The van der Waals surface area contributed by atoms with Crippen molar-refractivity contribution in [2.75, 3.05) is 74.6 Å². The molecular formula is C94H99Cl2F4N21O6. The second-order valence-corrected chi connectivity index (χ2v) is 34.1. The molecule has 0 N–H and O–H groups in total. The lowest BCUT2D eigenvalue weighted by Gasteiger charge is -2.45. The van der Waals surface area contributed by atoms with Gasteiger partial charge in [0.1, 0.15) is 46.2 Å². The lowest BCUT2D eigenvalue weighted by molar-refractivity contribution is -0.131. The van der Waals surface area contributed by atoms with E-state index in [0.717, 1.165) is 16.7 Å². The van der Waals surface area contributed by atoms with Crippen molar-refractivity contribution >= 4 is 91.7 Å². The molecule has 0 spiro atoms. The van der Waals surface area contributed by atoms with Gasteiger partial charge in [0.25, 0.3) is 5.91 Å². The molecule has 6 unspecified atom stereocenters. The Labute approximate surface area is 742 Å². The fraction of sp³-hybridized carbons (Fsp3) is 0.351. The lowest BCUT2D eigenvalue weighted by atomic mass is 10.0. The van der Waals surface area contributed by atoms with Crippen LogP contribution in [0.4, 0.5) is 35.0 Å². The van der Waals surface area contributed by atoms with Crippen molar-refractivity contribution in [3.63, 3.8) is 0 Å². The molecule has 127 heavy (non-hydrogen) atoms. The van der Waals surface area contributed by atoms with Crippen LogP contribution in [-0.4, -0.2) is 202 Å². The Balaban J connectivity index is 0.000000163. The number of amides is 3. The Morgan fingerprint density at radius 3 is 1.31 bits per heavy atom. The maximum atomic E-state index is 15.9. The summed E-state index contributed by atoms with van der Waals surface area (Å²) in [6, 6.07) is 23.4. The van der Waals surface area contributed by atoms with Gasteiger partial charge < -0.3 is 29.4 Å². The molecule has 3 amide bonds. The van der Waals surface area contributed by atoms with Gasteiger partial charge in [-0.25, -0.2) is 70.6 Å². The molecule has 0 saturated carbocycles. The monoisotopic (exact) mass is 1760 g/mol. The van der Waals surface area contributed by atoms with Crippen molar-refractivity contribution in [3.8, 4) is 62.7 Å². The van der Waals surface area contributed by atoms with Crippen LogP contribution in [0.1, 0.15) is 135 Å². The van der Waals surface area contributed by atoms with E-state index >= 15 is 4.39 Å². The first kappa shape index (κ1) is 91.6. The van der Waals surface area contributed by atoms with E-state index in [9.17, 15) is 41.9 Å². The van der Waals surface area contributed by atoms with Gasteiger partial charge in [-0.2, -0.15) is 15.0 Å². The van der Waals surface area contributed by atoms with Gasteiger partial charge in [0.15, 0.2) is 49.9 Å². The molecule has 0 radical (unpaired) electrons. The number of carbonyl (C=O) groups excluding carboxylic acids is 3. The molecule has 0 aliphatic carbocycles. The van der Waals surface area contributed by atoms with Crippen LogP contribution in [0.2, 0.25) is 10.3 Å².